The molecule has 7 heteroatoms. The van der Waals surface area contributed by atoms with Gasteiger partial charge in [-0.25, -0.2) is 5.48 Å². The highest BCUT2D eigenvalue weighted by atomic mass is 32.2. The van der Waals surface area contributed by atoms with Crippen LogP contribution in [0.5, 0.6) is 0 Å². The van der Waals surface area contributed by atoms with E-state index < -0.39 is 8.80 Å². The van der Waals surface area contributed by atoms with E-state index in [4.69, 9.17) is 13.4 Å². The van der Waals surface area contributed by atoms with Crippen LogP contribution in [0.4, 0.5) is 0 Å². The number of rotatable bonds is 31. The third-order valence-corrected chi connectivity index (χ3v) is 12.8. The van der Waals surface area contributed by atoms with Crippen molar-refractivity contribution < 1.29 is 18.2 Å². The standard InChI is InChI=1S/C37H75NO4SSi/c1-4-6-8-10-12-14-15-16-17-18-19-20-21-22-24-26-29-37-30-32-41-44(42-38-35-37,34-28-33-43-36(3)39)40-31-27-25-23-13-11-9-7-5-2/h37-38H,4-35H2,1-3H3. The van der Waals surface area contributed by atoms with Gasteiger partial charge in [0.15, 0.2) is 5.12 Å². The van der Waals surface area contributed by atoms with Crippen LogP contribution < -0.4 is 5.48 Å². The molecule has 1 aliphatic rings. The van der Waals surface area contributed by atoms with E-state index >= 15 is 0 Å². The quantitative estimate of drug-likeness (QED) is 0.0591. The fraction of sp³-hybridized carbons (Fsp3) is 0.973. The predicted octanol–water partition coefficient (Wildman–Crippen LogP) is 12.0. The Labute approximate surface area is 280 Å². The summed E-state index contributed by atoms with van der Waals surface area (Å²) in [7, 11) is -2.77. The number of hydroxylamine groups is 1. The van der Waals surface area contributed by atoms with E-state index in [0.29, 0.717) is 12.5 Å². The summed E-state index contributed by atoms with van der Waals surface area (Å²) < 4.78 is 19.1. The molecule has 1 rings (SSSR count). The monoisotopic (exact) mass is 658 g/mol. The van der Waals surface area contributed by atoms with Crippen molar-refractivity contribution in [2.45, 2.75) is 200 Å². The Balaban J connectivity index is 2.14. The summed E-state index contributed by atoms with van der Waals surface area (Å²) in [6.45, 7) is 8.54. The normalized spacial score (nSPS) is 19.2. The number of carbonyl (C=O) groups is 1. The second-order valence-electron chi connectivity index (χ2n) is 13.5. The first-order chi connectivity index (χ1) is 21.6. The van der Waals surface area contributed by atoms with Gasteiger partial charge in [-0.05, 0) is 31.6 Å². The van der Waals surface area contributed by atoms with Gasteiger partial charge in [0.25, 0.3) is 0 Å². The van der Waals surface area contributed by atoms with Crippen LogP contribution >= 0.6 is 11.8 Å². The van der Waals surface area contributed by atoms with Gasteiger partial charge in [0.05, 0.1) is 0 Å². The Bertz CT molecular complexity index is 616. The van der Waals surface area contributed by atoms with Crippen molar-refractivity contribution in [1.82, 2.24) is 5.48 Å². The summed E-state index contributed by atoms with van der Waals surface area (Å²) in [5.41, 5.74) is 3.30. The van der Waals surface area contributed by atoms with Gasteiger partial charge in [-0.3, -0.25) is 9.32 Å². The molecule has 0 spiro atoms. The summed E-state index contributed by atoms with van der Waals surface area (Å²) in [5, 5.41) is 0.176. The Morgan fingerprint density at radius 3 is 1.68 bits per heavy atom. The zero-order chi connectivity index (χ0) is 31.8. The lowest BCUT2D eigenvalue weighted by Crippen LogP contribution is -2.52. The van der Waals surface area contributed by atoms with Gasteiger partial charge in [-0.2, -0.15) is 0 Å². The SMILES string of the molecule is CCCCCCCCCCCCCCCCCCC1CCO[Si](CCCSC(C)=O)(OCCCCCCCCCC)ONC1. The largest absolute Gasteiger partial charge is 0.517 e. The molecule has 5 nitrogen and oxygen atoms in total. The minimum atomic E-state index is -2.77. The van der Waals surface area contributed by atoms with E-state index in [1.165, 1.54) is 166 Å². The third-order valence-electron chi connectivity index (χ3n) is 9.17. The van der Waals surface area contributed by atoms with Gasteiger partial charge in [0.2, 0.25) is 0 Å². The lowest BCUT2D eigenvalue weighted by atomic mass is 9.97. The molecular weight excluding hydrogens is 583 g/mol. The van der Waals surface area contributed by atoms with E-state index in [1.807, 2.05) is 0 Å². The molecule has 0 aromatic heterocycles. The Kier molecular flexibility index (Phi) is 30.3. The highest BCUT2D eigenvalue weighted by Gasteiger charge is 2.42. The number of hydrogen-bond donors (Lipinski definition) is 1. The zero-order valence-electron chi connectivity index (χ0n) is 29.7. The third kappa shape index (κ3) is 26.2. The molecule has 0 aromatic rings. The predicted molar refractivity (Wildman–Crippen MR) is 194 cm³/mol. The van der Waals surface area contributed by atoms with Crippen LogP contribution in [0.3, 0.4) is 0 Å². The minimum Gasteiger partial charge on any atom is -0.373 e. The highest BCUT2D eigenvalue weighted by molar-refractivity contribution is 8.13. The summed E-state index contributed by atoms with van der Waals surface area (Å²) in [5.74, 6) is 1.41. The first-order valence-corrected chi connectivity index (χ1v) is 22.4. The molecule has 0 amide bonds. The Morgan fingerprint density at radius 1 is 0.705 bits per heavy atom. The van der Waals surface area contributed by atoms with Crippen molar-refractivity contribution in [3.05, 3.63) is 0 Å². The van der Waals surface area contributed by atoms with Gasteiger partial charge in [-0.1, -0.05) is 173 Å². The Morgan fingerprint density at radius 2 is 1.18 bits per heavy atom. The summed E-state index contributed by atoms with van der Waals surface area (Å²) in [6.07, 6.45) is 36.2. The van der Waals surface area contributed by atoms with E-state index in [2.05, 4.69) is 19.3 Å². The molecule has 0 aromatic carbocycles. The molecule has 0 aliphatic carbocycles. The molecule has 0 bridgehead atoms. The second-order valence-corrected chi connectivity index (χ2v) is 17.4. The first kappa shape index (κ1) is 42.1. The van der Waals surface area contributed by atoms with Crippen molar-refractivity contribution >= 4 is 25.7 Å². The maximum absolute atomic E-state index is 11.4. The van der Waals surface area contributed by atoms with Crippen LogP contribution in [-0.2, 0) is 18.2 Å². The molecular formula is C37H75NO4SSi. The fourth-order valence-electron chi connectivity index (χ4n) is 6.24. The average Bonchev–Trinajstić information content (AvgIpc) is 3.00. The highest BCUT2D eigenvalue weighted by Crippen LogP contribution is 2.25. The lowest BCUT2D eigenvalue weighted by molar-refractivity contribution is -0.109. The van der Waals surface area contributed by atoms with Crippen LogP contribution in [0.25, 0.3) is 0 Å². The maximum atomic E-state index is 11.4. The number of nitrogens with one attached hydrogen (secondary N) is 1. The van der Waals surface area contributed by atoms with Crippen LogP contribution in [0.15, 0.2) is 0 Å². The van der Waals surface area contributed by atoms with Gasteiger partial charge in [0, 0.05) is 38.5 Å². The number of hydrogen-bond acceptors (Lipinski definition) is 6. The van der Waals surface area contributed by atoms with Gasteiger partial charge in [-0.15, -0.1) is 0 Å². The van der Waals surface area contributed by atoms with Crippen molar-refractivity contribution in [2.75, 3.05) is 25.5 Å². The summed E-state index contributed by atoms with van der Waals surface area (Å²) >= 11 is 1.39. The Hall–Kier alpha value is 0.0769. The average molecular weight is 658 g/mol. The molecule has 1 heterocycles. The van der Waals surface area contributed by atoms with Crippen LogP contribution in [-0.4, -0.2) is 39.4 Å². The summed E-state index contributed by atoms with van der Waals surface area (Å²) in [6, 6.07) is 0.779. The maximum Gasteiger partial charge on any atom is 0.517 e. The number of thioether (sulfide) groups is 1. The van der Waals surface area contributed by atoms with Crippen LogP contribution in [0, 0.1) is 5.92 Å². The van der Waals surface area contributed by atoms with E-state index in [0.717, 1.165) is 44.2 Å². The van der Waals surface area contributed by atoms with Gasteiger partial charge in [0.1, 0.15) is 0 Å². The van der Waals surface area contributed by atoms with Crippen molar-refractivity contribution in [2.24, 2.45) is 5.92 Å². The van der Waals surface area contributed by atoms with Crippen LogP contribution in [0.1, 0.15) is 194 Å². The number of unbranched alkanes of at least 4 members (excludes halogenated alkanes) is 22. The molecule has 2 atom stereocenters. The van der Waals surface area contributed by atoms with Crippen molar-refractivity contribution in [3.8, 4) is 0 Å². The van der Waals surface area contributed by atoms with Crippen molar-refractivity contribution in [1.29, 1.82) is 0 Å². The van der Waals surface area contributed by atoms with Crippen LogP contribution in [0.2, 0.25) is 6.04 Å². The van der Waals surface area contributed by atoms with E-state index in [-0.39, 0.29) is 5.12 Å². The molecule has 1 saturated heterocycles. The molecule has 1 aliphatic heterocycles. The van der Waals surface area contributed by atoms with Gasteiger partial charge >= 0.3 is 8.80 Å². The van der Waals surface area contributed by atoms with Crippen molar-refractivity contribution in [3.63, 3.8) is 0 Å². The topological polar surface area (TPSA) is 56.8 Å². The fourth-order valence-corrected chi connectivity index (χ4v) is 9.47. The smallest absolute Gasteiger partial charge is 0.373 e. The molecule has 1 fully saturated rings. The van der Waals surface area contributed by atoms with Gasteiger partial charge < -0.3 is 8.85 Å². The molecule has 0 radical (unpaired) electrons. The zero-order valence-corrected chi connectivity index (χ0v) is 31.6. The molecule has 262 valence electrons. The second kappa shape index (κ2) is 31.7. The first-order valence-electron chi connectivity index (χ1n) is 19.4. The number of carbonyl (C=O) groups excluding carboxylic acids is 1. The summed E-state index contributed by atoms with van der Waals surface area (Å²) in [4.78, 5) is 11.4. The minimum absolute atomic E-state index is 0.176. The molecule has 2 unspecified atom stereocenters. The molecule has 44 heavy (non-hydrogen) atoms. The van der Waals surface area contributed by atoms with E-state index in [9.17, 15) is 4.79 Å². The van der Waals surface area contributed by atoms with E-state index in [1.54, 1.807) is 6.92 Å². The molecule has 0 saturated carbocycles. The lowest BCUT2D eigenvalue weighted by Gasteiger charge is -2.33. The molecule has 1 N–H and O–H groups in total.